The summed E-state index contributed by atoms with van der Waals surface area (Å²) in [7, 11) is -3.41. The van der Waals surface area contributed by atoms with Gasteiger partial charge in [-0.25, -0.2) is 13.1 Å². The molecule has 0 unspecified atom stereocenters. The highest BCUT2D eigenvalue weighted by molar-refractivity contribution is 9.10. The molecule has 0 bridgehead atoms. The first-order valence-corrected chi connectivity index (χ1v) is 9.68. The van der Waals surface area contributed by atoms with Crippen molar-refractivity contribution in [3.05, 3.63) is 56.2 Å². The maximum atomic E-state index is 12.1. The van der Waals surface area contributed by atoms with Crippen molar-refractivity contribution in [3.63, 3.8) is 0 Å². The van der Waals surface area contributed by atoms with Crippen LogP contribution in [0.5, 0.6) is 0 Å². The summed E-state index contributed by atoms with van der Waals surface area (Å²) >= 11 is 9.72. The number of thiophene rings is 1. The second-order valence-electron chi connectivity index (χ2n) is 4.38. The molecular weight excluding hydrogens is 392 g/mol. The van der Waals surface area contributed by atoms with Gasteiger partial charge in [-0.3, -0.25) is 0 Å². The Hall–Kier alpha value is -0.800. The van der Waals surface area contributed by atoms with Gasteiger partial charge in [0.1, 0.15) is 4.99 Å². The van der Waals surface area contributed by atoms with E-state index in [0.29, 0.717) is 11.1 Å². The summed E-state index contributed by atoms with van der Waals surface area (Å²) < 4.78 is 27.7. The van der Waals surface area contributed by atoms with Crippen molar-refractivity contribution in [1.82, 2.24) is 4.72 Å². The summed E-state index contributed by atoms with van der Waals surface area (Å²) in [6.07, 6.45) is 0. The Morgan fingerprint density at radius 3 is 2.76 bits per heavy atom. The van der Waals surface area contributed by atoms with Crippen molar-refractivity contribution in [2.75, 3.05) is 0 Å². The molecule has 4 nitrogen and oxygen atoms in total. The highest BCUT2D eigenvalue weighted by Gasteiger charge is 2.12. The Morgan fingerprint density at radius 1 is 1.38 bits per heavy atom. The quantitative estimate of drug-likeness (QED) is 0.725. The van der Waals surface area contributed by atoms with Gasteiger partial charge in [0.15, 0.2) is 0 Å². The first-order chi connectivity index (χ1) is 9.85. The van der Waals surface area contributed by atoms with Crippen LogP contribution in [0.1, 0.15) is 16.0 Å². The van der Waals surface area contributed by atoms with Gasteiger partial charge in [-0.1, -0.05) is 30.4 Å². The minimum atomic E-state index is -3.41. The minimum Gasteiger partial charge on any atom is -0.389 e. The molecule has 1 aromatic carbocycles. The summed E-state index contributed by atoms with van der Waals surface area (Å²) in [5.41, 5.74) is 6.87. The molecular formula is C13H13BrN2O2S3. The molecule has 2 rings (SSSR count). The number of rotatable bonds is 6. The predicted molar refractivity (Wildman–Crippen MR) is 93.8 cm³/mol. The van der Waals surface area contributed by atoms with E-state index in [2.05, 4.69) is 20.7 Å². The van der Waals surface area contributed by atoms with Crippen LogP contribution in [0.2, 0.25) is 0 Å². The van der Waals surface area contributed by atoms with Crippen LogP contribution in [-0.2, 0) is 22.3 Å². The van der Waals surface area contributed by atoms with Crippen LogP contribution in [0.4, 0.5) is 0 Å². The maximum Gasteiger partial charge on any atom is 0.216 e. The summed E-state index contributed by atoms with van der Waals surface area (Å²) in [6.45, 7) is 0.285. The van der Waals surface area contributed by atoms with Gasteiger partial charge in [0, 0.05) is 26.8 Å². The van der Waals surface area contributed by atoms with E-state index in [1.165, 1.54) is 11.3 Å². The number of hydrogen-bond acceptors (Lipinski definition) is 4. The van der Waals surface area contributed by atoms with Gasteiger partial charge in [-0.15, -0.1) is 11.3 Å². The number of nitrogens with two attached hydrogens (primary N) is 1. The third kappa shape index (κ3) is 5.15. The smallest absolute Gasteiger partial charge is 0.216 e. The zero-order chi connectivity index (χ0) is 15.5. The molecule has 1 heterocycles. The van der Waals surface area contributed by atoms with Crippen LogP contribution in [0.3, 0.4) is 0 Å². The van der Waals surface area contributed by atoms with E-state index in [1.807, 2.05) is 11.4 Å². The number of nitrogens with one attached hydrogen (secondary N) is 1. The standard InChI is InChI=1S/C13H13BrN2O2S3/c14-11-5-12(20-7-11)6-16-21(17,18)8-9-2-1-3-10(4-9)13(15)19/h1-5,7,16H,6,8H2,(H2,15,19). The molecule has 3 N–H and O–H groups in total. The second kappa shape index (κ2) is 6.97. The third-order valence-electron chi connectivity index (χ3n) is 2.66. The molecule has 0 aliphatic rings. The Morgan fingerprint density at radius 2 is 2.14 bits per heavy atom. The summed E-state index contributed by atoms with van der Waals surface area (Å²) in [4.78, 5) is 1.20. The molecule has 0 saturated carbocycles. The van der Waals surface area contributed by atoms with Crippen LogP contribution in [0.25, 0.3) is 0 Å². The first-order valence-electron chi connectivity index (χ1n) is 5.95. The summed E-state index contributed by atoms with van der Waals surface area (Å²) in [6, 6.07) is 8.83. The fourth-order valence-electron chi connectivity index (χ4n) is 1.71. The predicted octanol–water partition coefficient (Wildman–Crippen LogP) is 2.76. The average Bonchev–Trinajstić information content (AvgIpc) is 2.82. The lowest BCUT2D eigenvalue weighted by atomic mass is 10.1. The van der Waals surface area contributed by atoms with Gasteiger partial charge in [0.25, 0.3) is 0 Å². The number of halogens is 1. The Labute approximate surface area is 141 Å². The molecule has 0 fully saturated rings. The van der Waals surface area contributed by atoms with Crippen LogP contribution in [0, 0.1) is 0 Å². The molecule has 8 heteroatoms. The Bertz CT molecular complexity index is 756. The maximum absolute atomic E-state index is 12.1. The normalized spacial score (nSPS) is 11.5. The van der Waals surface area contributed by atoms with E-state index in [9.17, 15) is 8.42 Å². The monoisotopic (exact) mass is 404 g/mol. The molecule has 0 radical (unpaired) electrons. The van der Waals surface area contributed by atoms with Gasteiger partial charge in [0.05, 0.1) is 5.75 Å². The number of sulfonamides is 1. The van der Waals surface area contributed by atoms with Crippen molar-refractivity contribution in [1.29, 1.82) is 0 Å². The lowest BCUT2D eigenvalue weighted by molar-refractivity contribution is 0.581. The highest BCUT2D eigenvalue weighted by atomic mass is 79.9. The zero-order valence-corrected chi connectivity index (χ0v) is 14.9. The Balaban J connectivity index is 2.03. The SMILES string of the molecule is NC(=S)c1cccc(CS(=O)(=O)NCc2cc(Br)cs2)c1. The van der Waals surface area contributed by atoms with E-state index in [1.54, 1.807) is 24.3 Å². The summed E-state index contributed by atoms with van der Waals surface area (Å²) in [5.74, 6) is -0.101. The molecule has 0 spiro atoms. The summed E-state index contributed by atoms with van der Waals surface area (Å²) in [5, 5.41) is 1.91. The van der Waals surface area contributed by atoms with E-state index in [0.717, 1.165) is 9.35 Å². The van der Waals surface area contributed by atoms with Crippen molar-refractivity contribution in [2.24, 2.45) is 5.73 Å². The van der Waals surface area contributed by atoms with Gasteiger partial charge in [0.2, 0.25) is 10.0 Å². The lowest BCUT2D eigenvalue weighted by Gasteiger charge is -2.07. The third-order valence-corrected chi connectivity index (χ3v) is 5.89. The van der Waals surface area contributed by atoms with Crippen LogP contribution >= 0.6 is 39.5 Å². The van der Waals surface area contributed by atoms with Crippen LogP contribution in [-0.4, -0.2) is 13.4 Å². The molecule has 1 aromatic heterocycles. The zero-order valence-electron chi connectivity index (χ0n) is 10.9. The lowest BCUT2D eigenvalue weighted by Crippen LogP contribution is -2.24. The fraction of sp³-hybridized carbons (Fsp3) is 0.154. The van der Waals surface area contributed by atoms with Gasteiger partial charge < -0.3 is 5.73 Å². The molecule has 0 atom stereocenters. The van der Waals surface area contributed by atoms with Gasteiger partial charge >= 0.3 is 0 Å². The fourth-order valence-corrected chi connectivity index (χ4v) is 4.42. The molecule has 112 valence electrons. The van der Waals surface area contributed by atoms with Crippen LogP contribution < -0.4 is 10.5 Å². The molecule has 0 saturated heterocycles. The van der Waals surface area contributed by atoms with Crippen molar-refractivity contribution in [2.45, 2.75) is 12.3 Å². The highest BCUT2D eigenvalue weighted by Crippen LogP contribution is 2.19. The van der Waals surface area contributed by atoms with E-state index in [-0.39, 0.29) is 17.3 Å². The average molecular weight is 405 g/mol. The second-order valence-corrected chi connectivity index (χ2v) is 8.53. The molecule has 0 aliphatic carbocycles. The number of hydrogen-bond donors (Lipinski definition) is 2. The van der Waals surface area contributed by atoms with E-state index in [4.69, 9.17) is 18.0 Å². The first kappa shape index (κ1) is 16.6. The molecule has 0 amide bonds. The molecule has 21 heavy (non-hydrogen) atoms. The van der Waals surface area contributed by atoms with Crippen molar-refractivity contribution < 1.29 is 8.42 Å². The van der Waals surface area contributed by atoms with Crippen molar-refractivity contribution in [3.8, 4) is 0 Å². The minimum absolute atomic E-state index is 0.101. The number of thiocarbonyl (C=S) groups is 1. The van der Waals surface area contributed by atoms with E-state index >= 15 is 0 Å². The molecule has 2 aromatic rings. The Kier molecular flexibility index (Phi) is 5.50. The molecule has 0 aliphatic heterocycles. The van der Waals surface area contributed by atoms with Crippen molar-refractivity contribution >= 4 is 54.5 Å². The van der Waals surface area contributed by atoms with E-state index < -0.39 is 10.0 Å². The van der Waals surface area contributed by atoms with Gasteiger partial charge in [-0.05, 0) is 33.6 Å². The largest absolute Gasteiger partial charge is 0.389 e. The number of benzene rings is 1. The van der Waals surface area contributed by atoms with Crippen LogP contribution in [0.15, 0.2) is 40.2 Å². The topological polar surface area (TPSA) is 72.2 Å². The van der Waals surface area contributed by atoms with Gasteiger partial charge in [-0.2, -0.15) is 0 Å².